The molecule has 7 heteroatoms. The number of fused-ring (bicyclic) bond motifs is 1. The summed E-state index contributed by atoms with van der Waals surface area (Å²) in [5.74, 6) is 0.440. The number of rotatable bonds is 2. The lowest BCUT2D eigenvalue weighted by molar-refractivity contribution is -0.133. The number of hydrogen-bond acceptors (Lipinski definition) is 4. The fourth-order valence-corrected chi connectivity index (χ4v) is 3.70. The molecular weight excluding hydrogens is 322 g/mol. The Morgan fingerprint density at radius 3 is 2.95 bits per heavy atom. The molecule has 0 spiro atoms. The first-order valence-corrected chi connectivity index (χ1v) is 8.18. The van der Waals surface area contributed by atoms with E-state index in [2.05, 4.69) is 5.32 Å². The van der Waals surface area contributed by atoms with Crippen molar-refractivity contribution in [2.75, 3.05) is 36.8 Å². The maximum absolute atomic E-state index is 12.5. The van der Waals surface area contributed by atoms with Gasteiger partial charge in [-0.2, -0.15) is 0 Å². The number of halogens is 1. The van der Waals surface area contributed by atoms with Gasteiger partial charge in [0, 0.05) is 30.6 Å². The first kappa shape index (κ1) is 17.1. The third-order valence-corrected chi connectivity index (χ3v) is 4.97. The lowest BCUT2D eigenvalue weighted by Crippen LogP contribution is -2.55. The van der Waals surface area contributed by atoms with Crippen molar-refractivity contribution in [2.45, 2.75) is 17.9 Å². The van der Waals surface area contributed by atoms with E-state index in [1.807, 2.05) is 36.1 Å². The van der Waals surface area contributed by atoms with Crippen molar-refractivity contribution in [1.29, 1.82) is 0 Å². The standard InChI is InChI=1S/C15H19N3O2S.ClH/c1-11-8-16-6-7-17(11)14(19)9-18-12-4-2-3-5-13(12)21-10-15(18)20;/h2-5,11,16H,6-10H2,1H3;1H/t11-;/m0./s1. The van der Waals surface area contributed by atoms with Crippen LogP contribution in [0.1, 0.15) is 6.92 Å². The van der Waals surface area contributed by atoms with Crippen LogP contribution in [0.2, 0.25) is 0 Å². The van der Waals surface area contributed by atoms with E-state index < -0.39 is 0 Å². The summed E-state index contributed by atoms with van der Waals surface area (Å²) in [7, 11) is 0. The van der Waals surface area contributed by atoms with Crippen molar-refractivity contribution in [2.24, 2.45) is 0 Å². The maximum Gasteiger partial charge on any atom is 0.242 e. The van der Waals surface area contributed by atoms with Crippen molar-refractivity contribution in [3.05, 3.63) is 24.3 Å². The Morgan fingerprint density at radius 1 is 1.41 bits per heavy atom. The highest BCUT2D eigenvalue weighted by Gasteiger charge is 2.30. The number of piperazine rings is 1. The number of nitrogens with zero attached hydrogens (tertiary/aromatic N) is 2. The van der Waals surface area contributed by atoms with Crippen molar-refractivity contribution in [3.8, 4) is 0 Å². The van der Waals surface area contributed by atoms with E-state index in [4.69, 9.17) is 0 Å². The molecule has 2 heterocycles. The van der Waals surface area contributed by atoms with Gasteiger partial charge in [-0.15, -0.1) is 24.2 Å². The minimum atomic E-state index is 0. The second kappa shape index (κ2) is 7.35. The molecule has 120 valence electrons. The molecule has 5 nitrogen and oxygen atoms in total. The number of hydrogen-bond donors (Lipinski definition) is 1. The van der Waals surface area contributed by atoms with E-state index >= 15 is 0 Å². The minimum absolute atomic E-state index is 0. The van der Waals surface area contributed by atoms with Crippen molar-refractivity contribution in [1.82, 2.24) is 10.2 Å². The van der Waals surface area contributed by atoms with Gasteiger partial charge in [0.15, 0.2) is 0 Å². The van der Waals surface area contributed by atoms with Crippen LogP contribution in [-0.4, -0.2) is 54.7 Å². The monoisotopic (exact) mass is 341 g/mol. The Hall–Kier alpha value is -1.24. The van der Waals surface area contributed by atoms with Gasteiger partial charge in [-0.3, -0.25) is 9.59 Å². The molecule has 2 aliphatic rings. The van der Waals surface area contributed by atoms with Crippen LogP contribution in [0.3, 0.4) is 0 Å². The third-order valence-electron chi connectivity index (χ3n) is 3.92. The minimum Gasteiger partial charge on any atom is -0.336 e. The topological polar surface area (TPSA) is 52.7 Å². The number of carbonyl (C=O) groups excluding carboxylic acids is 2. The quantitative estimate of drug-likeness (QED) is 0.882. The lowest BCUT2D eigenvalue weighted by atomic mass is 10.2. The van der Waals surface area contributed by atoms with Crippen LogP contribution < -0.4 is 10.2 Å². The SMILES string of the molecule is C[C@H]1CNCCN1C(=O)CN1C(=O)CSc2ccccc21.Cl. The molecule has 0 saturated carbocycles. The van der Waals surface area contributed by atoms with Gasteiger partial charge < -0.3 is 15.1 Å². The smallest absolute Gasteiger partial charge is 0.242 e. The fraction of sp³-hybridized carbons (Fsp3) is 0.467. The molecule has 1 N–H and O–H groups in total. The first-order valence-electron chi connectivity index (χ1n) is 7.19. The maximum atomic E-state index is 12.5. The van der Waals surface area contributed by atoms with E-state index in [0.29, 0.717) is 12.3 Å². The molecule has 2 aliphatic heterocycles. The molecule has 0 unspecified atom stereocenters. The van der Waals surface area contributed by atoms with Crippen LogP contribution in [0, 0.1) is 0 Å². The van der Waals surface area contributed by atoms with Crippen molar-refractivity contribution in [3.63, 3.8) is 0 Å². The summed E-state index contributed by atoms with van der Waals surface area (Å²) in [5, 5.41) is 3.27. The first-order chi connectivity index (χ1) is 10.2. The zero-order valence-electron chi connectivity index (χ0n) is 12.4. The molecule has 0 aliphatic carbocycles. The summed E-state index contributed by atoms with van der Waals surface area (Å²) in [6.45, 7) is 4.51. The number of nitrogens with one attached hydrogen (secondary N) is 1. The lowest BCUT2D eigenvalue weighted by Gasteiger charge is -2.36. The molecule has 3 rings (SSSR count). The highest BCUT2D eigenvalue weighted by Crippen LogP contribution is 2.34. The van der Waals surface area contributed by atoms with Crippen LogP contribution in [0.15, 0.2) is 29.2 Å². The predicted molar refractivity (Wildman–Crippen MR) is 90.8 cm³/mol. The predicted octanol–water partition coefficient (Wildman–Crippen LogP) is 1.37. The Bertz CT molecular complexity index is 569. The van der Waals surface area contributed by atoms with Gasteiger partial charge in [0.05, 0.1) is 11.4 Å². The van der Waals surface area contributed by atoms with Crippen molar-refractivity contribution < 1.29 is 9.59 Å². The molecule has 1 atom stereocenters. The average molecular weight is 342 g/mol. The van der Waals surface area contributed by atoms with E-state index in [9.17, 15) is 9.59 Å². The number of amides is 2. The van der Waals surface area contributed by atoms with Gasteiger partial charge in [0.1, 0.15) is 6.54 Å². The number of para-hydroxylation sites is 1. The second-order valence-corrected chi connectivity index (χ2v) is 6.39. The van der Waals surface area contributed by atoms with E-state index in [1.54, 1.807) is 4.90 Å². The molecule has 1 saturated heterocycles. The molecule has 1 aromatic rings. The van der Waals surface area contributed by atoms with Gasteiger partial charge in [-0.1, -0.05) is 12.1 Å². The molecule has 0 bridgehead atoms. The molecule has 0 radical (unpaired) electrons. The van der Waals surface area contributed by atoms with Gasteiger partial charge >= 0.3 is 0 Å². The number of anilines is 1. The number of carbonyl (C=O) groups is 2. The summed E-state index contributed by atoms with van der Waals surface area (Å²) >= 11 is 1.54. The molecule has 2 amide bonds. The average Bonchev–Trinajstić information content (AvgIpc) is 2.50. The summed E-state index contributed by atoms with van der Waals surface area (Å²) in [5.41, 5.74) is 0.856. The fourth-order valence-electron chi connectivity index (χ4n) is 2.76. The summed E-state index contributed by atoms with van der Waals surface area (Å²) < 4.78 is 0. The molecular formula is C15H20ClN3O2S. The zero-order valence-corrected chi connectivity index (χ0v) is 14.1. The van der Waals surface area contributed by atoms with Crippen LogP contribution in [0.25, 0.3) is 0 Å². The number of thioether (sulfide) groups is 1. The Morgan fingerprint density at radius 2 is 2.18 bits per heavy atom. The normalized spacial score (nSPS) is 21.1. The van der Waals surface area contributed by atoms with E-state index in [1.165, 1.54) is 11.8 Å². The van der Waals surface area contributed by atoms with Gasteiger partial charge in [0.2, 0.25) is 11.8 Å². The third kappa shape index (κ3) is 3.39. The molecule has 1 fully saturated rings. The van der Waals surface area contributed by atoms with Crippen molar-refractivity contribution >= 4 is 41.7 Å². The largest absolute Gasteiger partial charge is 0.336 e. The van der Waals surface area contributed by atoms with Gasteiger partial charge in [-0.05, 0) is 19.1 Å². The zero-order chi connectivity index (χ0) is 14.8. The van der Waals surface area contributed by atoms with E-state index in [0.717, 1.165) is 23.7 Å². The van der Waals surface area contributed by atoms with Crippen LogP contribution in [-0.2, 0) is 9.59 Å². The number of benzene rings is 1. The van der Waals surface area contributed by atoms with Crippen LogP contribution in [0.4, 0.5) is 5.69 Å². The highest BCUT2D eigenvalue weighted by atomic mass is 35.5. The Labute approximate surface area is 140 Å². The van der Waals surface area contributed by atoms with Crippen LogP contribution in [0.5, 0.6) is 0 Å². The molecule has 1 aromatic carbocycles. The summed E-state index contributed by atoms with van der Waals surface area (Å²) in [6.07, 6.45) is 0. The second-order valence-electron chi connectivity index (χ2n) is 5.38. The molecule has 0 aromatic heterocycles. The van der Waals surface area contributed by atoms with Gasteiger partial charge in [-0.25, -0.2) is 0 Å². The van der Waals surface area contributed by atoms with Gasteiger partial charge in [0.25, 0.3) is 0 Å². The Balaban J connectivity index is 0.00000176. The summed E-state index contributed by atoms with van der Waals surface area (Å²) in [4.78, 5) is 29.3. The Kier molecular flexibility index (Phi) is 5.72. The van der Waals surface area contributed by atoms with Crippen LogP contribution >= 0.6 is 24.2 Å². The summed E-state index contributed by atoms with van der Waals surface area (Å²) in [6, 6.07) is 7.95. The highest BCUT2D eigenvalue weighted by molar-refractivity contribution is 8.00. The molecule has 22 heavy (non-hydrogen) atoms. The van der Waals surface area contributed by atoms with E-state index in [-0.39, 0.29) is 36.8 Å².